The van der Waals surface area contributed by atoms with Gasteiger partial charge in [-0.1, -0.05) is 0 Å². The van der Waals surface area contributed by atoms with Crippen molar-refractivity contribution < 1.29 is 19.4 Å². The lowest BCUT2D eigenvalue weighted by atomic mass is 10.2. The molecule has 1 heterocycles. The molecule has 0 saturated carbocycles. The predicted molar refractivity (Wildman–Crippen MR) is 35.2 cm³/mol. The van der Waals surface area contributed by atoms with Crippen molar-refractivity contribution >= 4 is 12.1 Å². The average molecular weight is 159 g/mol. The maximum Gasteiger partial charge on any atom is 0.409 e. The van der Waals surface area contributed by atoms with Gasteiger partial charge in [-0.2, -0.15) is 0 Å². The van der Waals surface area contributed by atoms with E-state index in [1.807, 2.05) is 0 Å². The second-order valence-electron chi connectivity index (χ2n) is 2.44. The Kier molecular flexibility index (Phi) is 1.98. The average Bonchev–Trinajstić information content (AvgIpc) is 2.18. The minimum absolute atomic E-state index is 0.0533. The van der Waals surface area contributed by atoms with Crippen LogP contribution in [0.25, 0.3) is 0 Å². The first-order chi connectivity index (χ1) is 5.11. The van der Waals surface area contributed by atoms with Crippen LogP contribution in [-0.4, -0.2) is 41.8 Å². The first-order valence-electron chi connectivity index (χ1n) is 3.22. The number of likely N-dealkylation sites (N-methyl/N-ethyl adjacent to an activating group) is 1. The summed E-state index contributed by atoms with van der Waals surface area (Å²) in [5.74, 6) is -0.917. The molecule has 1 amide bonds. The summed E-state index contributed by atoms with van der Waals surface area (Å²) >= 11 is 0. The molecule has 5 heteroatoms. The van der Waals surface area contributed by atoms with Crippen LogP contribution < -0.4 is 0 Å². The number of carbonyl (C=O) groups is 2. The number of carboxylic acid groups (broad SMARTS) is 1. The number of hydrogen-bond donors (Lipinski definition) is 1. The van der Waals surface area contributed by atoms with Crippen molar-refractivity contribution in [2.75, 3.05) is 13.7 Å². The van der Waals surface area contributed by atoms with Crippen molar-refractivity contribution in [3.63, 3.8) is 0 Å². The highest BCUT2D eigenvalue weighted by molar-refractivity contribution is 5.73. The molecule has 1 saturated heterocycles. The third-order valence-electron chi connectivity index (χ3n) is 1.65. The molecule has 1 aliphatic rings. The summed E-state index contributed by atoms with van der Waals surface area (Å²) in [6.45, 7) is 0.182. The summed E-state index contributed by atoms with van der Waals surface area (Å²) in [4.78, 5) is 22.2. The van der Waals surface area contributed by atoms with Gasteiger partial charge >= 0.3 is 12.1 Å². The SMILES string of the molecule is CN1C(=O)OCC1CC(=O)O. The number of amides is 1. The van der Waals surface area contributed by atoms with Crippen LogP contribution in [0.5, 0.6) is 0 Å². The molecule has 11 heavy (non-hydrogen) atoms. The largest absolute Gasteiger partial charge is 0.481 e. The molecular weight excluding hydrogens is 150 g/mol. The van der Waals surface area contributed by atoms with Gasteiger partial charge in [-0.3, -0.25) is 4.79 Å². The molecule has 1 fully saturated rings. The van der Waals surface area contributed by atoms with E-state index in [1.165, 1.54) is 11.9 Å². The van der Waals surface area contributed by atoms with Gasteiger partial charge in [0.05, 0.1) is 12.5 Å². The van der Waals surface area contributed by atoms with Gasteiger partial charge in [0, 0.05) is 7.05 Å². The Morgan fingerprint density at radius 2 is 2.55 bits per heavy atom. The highest BCUT2D eigenvalue weighted by Gasteiger charge is 2.30. The van der Waals surface area contributed by atoms with Gasteiger partial charge in [0.25, 0.3) is 0 Å². The molecule has 1 aliphatic heterocycles. The number of rotatable bonds is 2. The number of hydrogen-bond acceptors (Lipinski definition) is 3. The third-order valence-corrected chi connectivity index (χ3v) is 1.65. The first kappa shape index (κ1) is 7.84. The highest BCUT2D eigenvalue weighted by atomic mass is 16.6. The van der Waals surface area contributed by atoms with Gasteiger partial charge in [-0.05, 0) is 0 Å². The van der Waals surface area contributed by atoms with Crippen LogP contribution in [-0.2, 0) is 9.53 Å². The van der Waals surface area contributed by atoms with Gasteiger partial charge in [0.2, 0.25) is 0 Å². The van der Waals surface area contributed by atoms with E-state index >= 15 is 0 Å². The summed E-state index contributed by atoms with van der Waals surface area (Å²) in [6, 6.07) is -0.306. The normalized spacial score (nSPS) is 23.5. The topological polar surface area (TPSA) is 66.8 Å². The molecule has 0 bridgehead atoms. The van der Waals surface area contributed by atoms with Gasteiger partial charge in [-0.15, -0.1) is 0 Å². The van der Waals surface area contributed by atoms with Crippen LogP contribution in [0.4, 0.5) is 4.79 Å². The Labute approximate surface area is 63.5 Å². The summed E-state index contributed by atoms with van der Waals surface area (Å²) in [6.07, 6.45) is -0.501. The lowest BCUT2D eigenvalue weighted by Crippen LogP contribution is -2.31. The summed E-state index contributed by atoms with van der Waals surface area (Å²) in [7, 11) is 1.53. The number of carboxylic acids is 1. The molecule has 1 rings (SSSR count). The smallest absolute Gasteiger partial charge is 0.409 e. The van der Waals surface area contributed by atoms with Crippen LogP contribution in [0.2, 0.25) is 0 Å². The lowest BCUT2D eigenvalue weighted by molar-refractivity contribution is -0.137. The quantitative estimate of drug-likeness (QED) is 0.611. The second kappa shape index (κ2) is 2.77. The highest BCUT2D eigenvalue weighted by Crippen LogP contribution is 2.12. The molecule has 62 valence electrons. The van der Waals surface area contributed by atoms with Crippen LogP contribution >= 0.6 is 0 Å². The van der Waals surface area contributed by atoms with Crippen LogP contribution in [0.15, 0.2) is 0 Å². The summed E-state index contributed by atoms with van der Waals surface area (Å²) in [5, 5.41) is 8.38. The van der Waals surface area contributed by atoms with E-state index in [-0.39, 0.29) is 19.1 Å². The van der Waals surface area contributed by atoms with Gasteiger partial charge < -0.3 is 14.7 Å². The monoisotopic (exact) mass is 159 g/mol. The zero-order valence-corrected chi connectivity index (χ0v) is 6.11. The number of carbonyl (C=O) groups excluding carboxylic acids is 1. The van der Waals surface area contributed by atoms with Crippen molar-refractivity contribution in [1.29, 1.82) is 0 Å². The Morgan fingerprint density at radius 3 is 2.91 bits per heavy atom. The number of nitrogens with zero attached hydrogens (tertiary/aromatic N) is 1. The van der Waals surface area contributed by atoms with Crippen LogP contribution in [0.1, 0.15) is 6.42 Å². The molecule has 0 radical (unpaired) electrons. The molecule has 0 aromatic carbocycles. The first-order valence-corrected chi connectivity index (χ1v) is 3.22. The number of ether oxygens (including phenoxy) is 1. The standard InChI is InChI=1S/C6H9NO4/c1-7-4(2-5(8)9)3-11-6(7)10/h4H,2-3H2,1H3,(H,8,9). The van der Waals surface area contributed by atoms with Crippen molar-refractivity contribution in [3.8, 4) is 0 Å². The van der Waals surface area contributed by atoms with E-state index in [9.17, 15) is 9.59 Å². The van der Waals surface area contributed by atoms with Crippen molar-refractivity contribution in [2.24, 2.45) is 0 Å². The zero-order chi connectivity index (χ0) is 8.43. The van der Waals surface area contributed by atoms with Crippen molar-refractivity contribution in [2.45, 2.75) is 12.5 Å². The second-order valence-corrected chi connectivity index (χ2v) is 2.44. The molecule has 1 N–H and O–H groups in total. The maximum absolute atomic E-state index is 10.7. The number of aliphatic carboxylic acids is 1. The predicted octanol–water partition coefficient (Wildman–Crippen LogP) is -0.0883. The molecular formula is C6H9NO4. The molecule has 0 spiro atoms. The fourth-order valence-electron chi connectivity index (χ4n) is 0.928. The Balaban J connectivity index is 2.48. The molecule has 5 nitrogen and oxygen atoms in total. The molecule has 0 aliphatic carbocycles. The van der Waals surface area contributed by atoms with E-state index in [2.05, 4.69) is 4.74 Å². The Bertz CT molecular complexity index is 191. The molecule has 1 atom stereocenters. The third kappa shape index (κ3) is 1.60. The van der Waals surface area contributed by atoms with Crippen LogP contribution in [0, 0.1) is 0 Å². The zero-order valence-electron chi connectivity index (χ0n) is 6.11. The summed E-state index contributed by atoms with van der Waals surface area (Å²) in [5.41, 5.74) is 0. The minimum Gasteiger partial charge on any atom is -0.481 e. The Morgan fingerprint density at radius 1 is 1.91 bits per heavy atom. The number of cyclic esters (lactones) is 1. The fraction of sp³-hybridized carbons (Fsp3) is 0.667. The van der Waals surface area contributed by atoms with E-state index in [4.69, 9.17) is 5.11 Å². The van der Waals surface area contributed by atoms with Crippen LogP contribution in [0.3, 0.4) is 0 Å². The van der Waals surface area contributed by atoms with E-state index in [0.717, 1.165) is 0 Å². The lowest BCUT2D eigenvalue weighted by Gasteiger charge is -2.12. The fourth-order valence-corrected chi connectivity index (χ4v) is 0.928. The van der Waals surface area contributed by atoms with Crippen molar-refractivity contribution in [3.05, 3.63) is 0 Å². The van der Waals surface area contributed by atoms with Gasteiger partial charge in [0.1, 0.15) is 6.61 Å². The molecule has 0 aromatic rings. The summed E-state index contributed by atoms with van der Waals surface area (Å²) < 4.78 is 4.60. The van der Waals surface area contributed by atoms with E-state index in [1.54, 1.807) is 0 Å². The Hall–Kier alpha value is -1.26. The van der Waals surface area contributed by atoms with Crippen molar-refractivity contribution in [1.82, 2.24) is 4.90 Å². The van der Waals surface area contributed by atoms with Gasteiger partial charge in [-0.25, -0.2) is 4.79 Å². The minimum atomic E-state index is -0.917. The molecule has 1 unspecified atom stereocenters. The van der Waals surface area contributed by atoms with E-state index < -0.39 is 12.1 Å². The van der Waals surface area contributed by atoms with E-state index in [0.29, 0.717) is 0 Å². The molecule has 0 aromatic heterocycles. The maximum atomic E-state index is 10.7. The van der Waals surface area contributed by atoms with Gasteiger partial charge in [0.15, 0.2) is 0 Å².